The van der Waals surface area contributed by atoms with Gasteiger partial charge >= 0.3 is 12.1 Å². The lowest BCUT2D eigenvalue weighted by Crippen LogP contribution is -2.45. The number of carbonyl (C=O) groups is 2. The van der Waals surface area contributed by atoms with E-state index in [1.807, 2.05) is 6.07 Å². The fourth-order valence-corrected chi connectivity index (χ4v) is 5.35. The molecule has 1 fully saturated rings. The molecule has 3 aromatic carbocycles. The molecule has 1 amide bonds. The number of nitrogens with zero attached hydrogens (tertiary/aromatic N) is 2. The van der Waals surface area contributed by atoms with Crippen LogP contribution in [0.2, 0.25) is 0 Å². The third-order valence-electron chi connectivity index (χ3n) is 8.16. The first-order chi connectivity index (χ1) is 24.5. The second kappa shape index (κ2) is 21.7. The molecule has 0 saturated carbocycles. The molecular formula is C38H50F3N5O5. The number of unbranched alkanes of at least 4 members (excludes halogenated alkanes) is 1. The van der Waals surface area contributed by atoms with Gasteiger partial charge in [-0.05, 0) is 41.2 Å². The molecule has 1 aliphatic rings. The fraction of sp³-hybridized carbons (Fsp3) is 0.447. The Morgan fingerprint density at radius 3 is 2.02 bits per heavy atom. The predicted octanol–water partition coefficient (Wildman–Crippen LogP) is 6.09. The Kier molecular flexibility index (Phi) is 17.4. The molecule has 13 heteroatoms. The number of aliphatic carboxylic acids is 1. The van der Waals surface area contributed by atoms with E-state index >= 15 is 0 Å². The average Bonchev–Trinajstić information content (AvgIpc) is 3.11. The van der Waals surface area contributed by atoms with Gasteiger partial charge in [-0.3, -0.25) is 25.3 Å². The molecule has 0 aliphatic carbocycles. The van der Waals surface area contributed by atoms with E-state index in [-0.39, 0.29) is 11.9 Å². The number of carboxylic acid groups (broad SMARTS) is 1. The first-order valence-corrected chi connectivity index (χ1v) is 17.2. The molecule has 278 valence electrons. The highest BCUT2D eigenvalue weighted by atomic mass is 19.4. The van der Waals surface area contributed by atoms with Crippen LogP contribution in [-0.4, -0.2) is 92.0 Å². The minimum absolute atomic E-state index is 0.0646. The van der Waals surface area contributed by atoms with Gasteiger partial charge in [0.1, 0.15) is 5.75 Å². The maximum Gasteiger partial charge on any atom is 0.490 e. The van der Waals surface area contributed by atoms with Gasteiger partial charge in [-0.1, -0.05) is 80.1 Å². The van der Waals surface area contributed by atoms with E-state index in [1.165, 1.54) is 11.1 Å². The number of nitrogens with one attached hydrogen (secondary N) is 3. The quantitative estimate of drug-likeness (QED) is 0.0798. The number of hydrogen-bond donors (Lipinski definition) is 4. The van der Waals surface area contributed by atoms with Crippen molar-refractivity contribution in [2.45, 2.75) is 58.3 Å². The third kappa shape index (κ3) is 15.5. The van der Waals surface area contributed by atoms with Crippen LogP contribution < -0.4 is 15.4 Å². The fourth-order valence-electron chi connectivity index (χ4n) is 5.35. The zero-order valence-corrected chi connectivity index (χ0v) is 29.4. The van der Waals surface area contributed by atoms with E-state index in [1.54, 1.807) is 7.11 Å². The normalized spacial score (nSPS) is 13.5. The Balaban J connectivity index is 0.000000908. The highest BCUT2D eigenvalue weighted by Gasteiger charge is 2.38. The van der Waals surface area contributed by atoms with Gasteiger partial charge in [-0.15, -0.1) is 0 Å². The monoisotopic (exact) mass is 713 g/mol. The minimum atomic E-state index is -5.08. The summed E-state index contributed by atoms with van der Waals surface area (Å²) >= 11 is 0. The summed E-state index contributed by atoms with van der Waals surface area (Å²) in [7, 11) is 1.70. The molecule has 0 atom stereocenters. The smallest absolute Gasteiger partial charge is 0.490 e. The lowest BCUT2D eigenvalue weighted by atomic mass is 9.99. The number of piperazine rings is 1. The molecule has 4 rings (SSSR count). The Morgan fingerprint density at radius 2 is 1.45 bits per heavy atom. The van der Waals surface area contributed by atoms with Crippen LogP contribution in [-0.2, 0) is 33.8 Å². The van der Waals surface area contributed by atoms with Crippen molar-refractivity contribution < 1.29 is 37.3 Å². The largest absolute Gasteiger partial charge is 0.493 e. The molecule has 0 unspecified atom stereocenters. The molecule has 1 aliphatic heterocycles. The van der Waals surface area contributed by atoms with E-state index in [0.29, 0.717) is 32.6 Å². The van der Waals surface area contributed by atoms with E-state index < -0.39 is 12.1 Å². The summed E-state index contributed by atoms with van der Waals surface area (Å²) in [6.07, 6.45) is -1.41. The maximum absolute atomic E-state index is 12.4. The van der Waals surface area contributed by atoms with Crippen molar-refractivity contribution in [3.63, 3.8) is 0 Å². The number of halogens is 3. The number of rotatable bonds is 16. The average molecular weight is 714 g/mol. The van der Waals surface area contributed by atoms with E-state index in [2.05, 4.69) is 94.1 Å². The van der Waals surface area contributed by atoms with Crippen LogP contribution in [0.25, 0.3) is 11.1 Å². The molecule has 4 N–H and O–H groups in total. The maximum atomic E-state index is 12.4. The van der Waals surface area contributed by atoms with Crippen LogP contribution in [0.15, 0.2) is 72.8 Å². The number of methoxy groups -OCH3 is 1. The van der Waals surface area contributed by atoms with Gasteiger partial charge in [0.2, 0.25) is 5.91 Å². The van der Waals surface area contributed by atoms with Gasteiger partial charge in [-0.25, -0.2) is 4.79 Å². The van der Waals surface area contributed by atoms with Gasteiger partial charge in [-0.2, -0.15) is 13.2 Å². The number of carbonyl (C=O) groups excluding carboxylic acids is 1. The molecule has 0 radical (unpaired) electrons. The molecule has 51 heavy (non-hydrogen) atoms. The van der Waals surface area contributed by atoms with Gasteiger partial charge in [0, 0.05) is 77.9 Å². The molecule has 1 saturated heterocycles. The zero-order valence-electron chi connectivity index (χ0n) is 29.4. The summed E-state index contributed by atoms with van der Waals surface area (Å²) in [6.45, 7) is 10.3. The second-order valence-electron chi connectivity index (χ2n) is 12.3. The Morgan fingerprint density at radius 1 is 0.863 bits per heavy atom. The van der Waals surface area contributed by atoms with Crippen LogP contribution in [0.5, 0.6) is 5.75 Å². The molecule has 10 nitrogen and oxygen atoms in total. The van der Waals surface area contributed by atoms with Crippen molar-refractivity contribution in [3.8, 4) is 16.9 Å². The van der Waals surface area contributed by atoms with E-state index in [4.69, 9.17) is 24.8 Å². The standard InChI is InChI=1S/C36H49N5O3.C2HF3O2/c1-3-4-19-38-36(37)39-35(42)18-14-29-13-17-33(34(26-29)44-25-8-24-43-2)32-15-11-31(12-16-32)28-41-22-20-40(21-23-41)27-30-9-6-5-7-10-30;3-2(4,5)1(6)7/h5-7,9-13,15-17,26H,3-4,8,14,18-25,27-28H2,1-2H3,(H3,37,38,39,42);(H,6,7). The molecule has 0 spiro atoms. The van der Waals surface area contributed by atoms with Gasteiger partial charge in [0.05, 0.1) is 6.61 Å². The summed E-state index contributed by atoms with van der Waals surface area (Å²) in [4.78, 5) is 26.4. The van der Waals surface area contributed by atoms with Crippen LogP contribution in [0.4, 0.5) is 13.2 Å². The lowest BCUT2D eigenvalue weighted by Gasteiger charge is -2.34. The van der Waals surface area contributed by atoms with Crippen molar-refractivity contribution >= 4 is 17.8 Å². The highest BCUT2D eigenvalue weighted by Crippen LogP contribution is 2.32. The summed E-state index contributed by atoms with van der Waals surface area (Å²) < 4.78 is 43.2. The van der Waals surface area contributed by atoms with Crippen molar-refractivity contribution in [2.75, 3.05) is 53.0 Å². The zero-order chi connectivity index (χ0) is 37.1. The summed E-state index contributed by atoms with van der Waals surface area (Å²) in [5.74, 6) is -2.05. The predicted molar refractivity (Wildman–Crippen MR) is 192 cm³/mol. The minimum Gasteiger partial charge on any atom is -0.493 e. The van der Waals surface area contributed by atoms with Crippen molar-refractivity contribution in [1.29, 1.82) is 5.41 Å². The van der Waals surface area contributed by atoms with E-state index in [9.17, 15) is 18.0 Å². The number of benzene rings is 3. The van der Waals surface area contributed by atoms with Crippen LogP contribution in [0.1, 0.15) is 49.3 Å². The van der Waals surface area contributed by atoms with Crippen molar-refractivity contribution in [2.24, 2.45) is 0 Å². The van der Waals surface area contributed by atoms with Gasteiger partial charge in [0.15, 0.2) is 5.96 Å². The number of hydrogen-bond acceptors (Lipinski definition) is 7. The van der Waals surface area contributed by atoms with Gasteiger partial charge < -0.3 is 19.9 Å². The van der Waals surface area contributed by atoms with Crippen molar-refractivity contribution in [3.05, 3.63) is 89.5 Å². The van der Waals surface area contributed by atoms with E-state index in [0.717, 1.165) is 81.0 Å². The topological polar surface area (TPSA) is 127 Å². The number of amides is 1. The van der Waals surface area contributed by atoms with Crippen LogP contribution in [0, 0.1) is 5.41 Å². The summed E-state index contributed by atoms with van der Waals surface area (Å²) in [5.41, 5.74) is 5.87. The molecule has 3 aromatic rings. The van der Waals surface area contributed by atoms with Crippen LogP contribution in [0.3, 0.4) is 0 Å². The highest BCUT2D eigenvalue weighted by molar-refractivity contribution is 5.95. The number of ether oxygens (including phenoxy) is 2. The third-order valence-corrected chi connectivity index (χ3v) is 8.16. The number of aryl methyl sites for hydroxylation is 1. The number of alkyl halides is 3. The molecular weight excluding hydrogens is 663 g/mol. The Labute approximate surface area is 298 Å². The number of carboxylic acids is 1. The Hall–Kier alpha value is -4.46. The first-order valence-electron chi connectivity index (χ1n) is 17.2. The first kappa shape index (κ1) is 41.0. The molecule has 1 heterocycles. The second-order valence-corrected chi connectivity index (χ2v) is 12.3. The summed E-state index contributed by atoms with van der Waals surface area (Å²) in [5, 5.41) is 20.6. The SMILES string of the molecule is CCCCNC(=N)NC(=O)CCc1ccc(-c2ccc(CN3CCN(Cc4ccccc4)CC3)cc2)c(OCCCOC)c1.O=C(O)C(F)(F)F. The van der Waals surface area contributed by atoms with Crippen LogP contribution >= 0.6 is 0 Å². The molecule has 0 aromatic heterocycles. The molecule has 0 bridgehead atoms. The van der Waals surface area contributed by atoms with Crippen molar-refractivity contribution in [1.82, 2.24) is 20.4 Å². The summed E-state index contributed by atoms with van der Waals surface area (Å²) in [6, 6.07) is 25.7. The van der Waals surface area contributed by atoms with Gasteiger partial charge in [0.25, 0.3) is 0 Å². The number of guanidine groups is 1. The Bertz CT molecular complexity index is 1500. The lowest BCUT2D eigenvalue weighted by molar-refractivity contribution is -0.192.